The Hall–Kier alpha value is -0.830. The number of hydrogen-bond acceptors (Lipinski definition) is 2. The number of aryl methyl sites for hydroxylation is 2. The monoisotopic (exact) mass is 247 g/mol. The summed E-state index contributed by atoms with van der Waals surface area (Å²) in [5.41, 5.74) is 1.86. The zero-order valence-electron chi connectivity index (χ0n) is 11.7. The van der Waals surface area contributed by atoms with Gasteiger partial charge in [-0.3, -0.25) is 4.68 Å². The zero-order valence-corrected chi connectivity index (χ0v) is 11.7. The number of rotatable bonds is 7. The van der Waals surface area contributed by atoms with Gasteiger partial charge in [-0.25, -0.2) is 0 Å². The molecule has 0 aliphatic heterocycles. The molecule has 1 atom stereocenters. The summed E-state index contributed by atoms with van der Waals surface area (Å²) in [6.07, 6.45) is 10.0. The van der Waals surface area contributed by atoms with E-state index in [-0.39, 0.29) is 0 Å². The van der Waals surface area contributed by atoms with Gasteiger partial charge < -0.3 is 5.32 Å². The van der Waals surface area contributed by atoms with Gasteiger partial charge in [-0.2, -0.15) is 5.10 Å². The summed E-state index contributed by atoms with van der Waals surface area (Å²) in [5, 5.41) is 8.00. The number of nitrogens with one attached hydrogen (secondary N) is 1. The van der Waals surface area contributed by atoms with E-state index in [0.717, 1.165) is 18.4 Å². The predicted octanol–water partition coefficient (Wildman–Crippen LogP) is 2.52. The van der Waals surface area contributed by atoms with Crippen molar-refractivity contribution in [3.63, 3.8) is 0 Å². The van der Waals surface area contributed by atoms with E-state index in [4.69, 9.17) is 0 Å². The van der Waals surface area contributed by atoms with Crippen LogP contribution in [0.2, 0.25) is 0 Å². The molecule has 3 rings (SSSR count). The second-order valence-electron chi connectivity index (χ2n) is 6.53. The van der Waals surface area contributed by atoms with E-state index in [0.29, 0.717) is 5.41 Å². The first-order valence-electron chi connectivity index (χ1n) is 7.38. The molecule has 1 unspecified atom stereocenters. The quantitative estimate of drug-likeness (QED) is 0.802. The number of aromatic nitrogens is 2. The molecule has 2 fully saturated rings. The van der Waals surface area contributed by atoms with Gasteiger partial charge in [0.25, 0.3) is 0 Å². The summed E-state index contributed by atoms with van der Waals surface area (Å²) in [7, 11) is 2.05. The zero-order chi connectivity index (χ0) is 12.6. The molecule has 2 aliphatic rings. The summed E-state index contributed by atoms with van der Waals surface area (Å²) >= 11 is 0. The minimum absolute atomic E-state index is 0.493. The van der Waals surface area contributed by atoms with Crippen LogP contribution >= 0.6 is 0 Å². The van der Waals surface area contributed by atoms with Crippen molar-refractivity contribution in [1.29, 1.82) is 0 Å². The molecule has 3 heteroatoms. The number of hydrogen-bond donors (Lipinski definition) is 1. The van der Waals surface area contributed by atoms with E-state index in [9.17, 15) is 0 Å². The highest BCUT2D eigenvalue weighted by atomic mass is 15.2. The van der Waals surface area contributed by atoms with Crippen LogP contribution in [-0.2, 0) is 13.5 Å². The molecule has 2 saturated carbocycles. The lowest BCUT2D eigenvalue weighted by Crippen LogP contribution is -2.35. The first-order valence-corrected chi connectivity index (χ1v) is 7.38. The van der Waals surface area contributed by atoms with Gasteiger partial charge in [-0.05, 0) is 55.9 Å². The fourth-order valence-electron chi connectivity index (χ4n) is 2.94. The molecular formula is C15H25N3. The van der Waals surface area contributed by atoms with Crippen LogP contribution in [0.3, 0.4) is 0 Å². The van der Waals surface area contributed by atoms with Gasteiger partial charge in [0, 0.05) is 31.5 Å². The maximum atomic E-state index is 4.26. The van der Waals surface area contributed by atoms with Crippen molar-refractivity contribution in [2.45, 2.75) is 51.5 Å². The normalized spacial score (nSPS) is 23.0. The van der Waals surface area contributed by atoms with Crippen molar-refractivity contribution in [3.8, 4) is 0 Å². The Labute approximate surface area is 110 Å². The molecule has 0 saturated heterocycles. The molecule has 0 aromatic carbocycles. The maximum absolute atomic E-state index is 4.26. The molecule has 0 amide bonds. The van der Waals surface area contributed by atoms with Crippen LogP contribution in [0.4, 0.5) is 0 Å². The van der Waals surface area contributed by atoms with Gasteiger partial charge in [0.15, 0.2) is 0 Å². The Balaban J connectivity index is 1.57. The predicted molar refractivity (Wildman–Crippen MR) is 73.4 cm³/mol. The van der Waals surface area contributed by atoms with Crippen molar-refractivity contribution in [2.75, 3.05) is 6.54 Å². The fourth-order valence-corrected chi connectivity index (χ4v) is 2.94. The average Bonchev–Trinajstić information content (AvgIpc) is 3.25. The molecule has 0 spiro atoms. The Morgan fingerprint density at radius 1 is 1.39 bits per heavy atom. The SMILES string of the molecule is Cn1nccc1CCC(C)(CNC1CC1)C1CC1. The standard InChI is InChI=1S/C15H25N3/c1-15(12-3-4-12,11-16-13-5-6-13)9-7-14-8-10-17-18(14)2/h8,10,12-13,16H,3-7,9,11H2,1-2H3. The van der Waals surface area contributed by atoms with Crippen molar-refractivity contribution >= 4 is 0 Å². The average molecular weight is 247 g/mol. The van der Waals surface area contributed by atoms with E-state index in [2.05, 4.69) is 23.4 Å². The molecule has 2 aliphatic carbocycles. The third-order valence-corrected chi connectivity index (χ3v) is 4.81. The summed E-state index contributed by atoms with van der Waals surface area (Å²) in [6.45, 7) is 3.69. The number of nitrogens with zero attached hydrogens (tertiary/aromatic N) is 2. The van der Waals surface area contributed by atoms with Gasteiger partial charge in [-0.15, -0.1) is 0 Å². The summed E-state index contributed by atoms with van der Waals surface area (Å²) in [4.78, 5) is 0. The molecule has 0 radical (unpaired) electrons. The van der Waals surface area contributed by atoms with Crippen LogP contribution in [0.5, 0.6) is 0 Å². The minimum Gasteiger partial charge on any atom is -0.313 e. The Morgan fingerprint density at radius 2 is 2.17 bits per heavy atom. The highest BCUT2D eigenvalue weighted by Gasteiger charge is 2.41. The molecule has 1 heterocycles. The molecule has 1 N–H and O–H groups in total. The summed E-state index contributed by atoms with van der Waals surface area (Å²) in [6, 6.07) is 2.99. The highest BCUT2D eigenvalue weighted by Crippen LogP contribution is 2.48. The fraction of sp³-hybridized carbons (Fsp3) is 0.800. The second kappa shape index (κ2) is 4.69. The van der Waals surface area contributed by atoms with Gasteiger partial charge in [0.2, 0.25) is 0 Å². The van der Waals surface area contributed by atoms with E-state index in [1.54, 1.807) is 0 Å². The first kappa shape index (κ1) is 12.2. The van der Waals surface area contributed by atoms with E-state index >= 15 is 0 Å². The molecule has 3 nitrogen and oxygen atoms in total. The van der Waals surface area contributed by atoms with E-state index in [1.165, 1.54) is 44.3 Å². The lowest BCUT2D eigenvalue weighted by Gasteiger charge is -2.30. The van der Waals surface area contributed by atoms with Crippen molar-refractivity contribution in [3.05, 3.63) is 18.0 Å². The van der Waals surface area contributed by atoms with Gasteiger partial charge >= 0.3 is 0 Å². The Morgan fingerprint density at radius 3 is 2.72 bits per heavy atom. The second-order valence-corrected chi connectivity index (χ2v) is 6.53. The Bertz CT molecular complexity index is 404. The lowest BCUT2D eigenvalue weighted by molar-refractivity contribution is 0.234. The third kappa shape index (κ3) is 2.77. The van der Waals surface area contributed by atoms with Crippen LogP contribution in [0.15, 0.2) is 12.3 Å². The molecule has 1 aromatic rings. The first-order chi connectivity index (χ1) is 8.67. The topological polar surface area (TPSA) is 29.9 Å². The molecule has 0 bridgehead atoms. The third-order valence-electron chi connectivity index (χ3n) is 4.81. The highest BCUT2D eigenvalue weighted by molar-refractivity contribution is 5.03. The molecular weight excluding hydrogens is 222 g/mol. The maximum Gasteiger partial charge on any atom is 0.0492 e. The van der Waals surface area contributed by atoms with Crippen molar-refractivity contribution in [1.82, 2.24) is 15.1 Å². The minimum atomic E-state index is 0.493. The molecule has 18 heavy (non-hydrogen) atoms. The lowest BCUT2D eigenvalue weighted by atomic mass is 9.79. The van der Waals surface area contributed by atoms with Gasteiger partial charge in [0.1, 0.15) is 0 Å². The smallest absolute Gasteiger partial charge is 0.0492 e. The molecule has 100 valence electrons. The Kier molecular flexibility index (Phi) is 3.18. The van der Waals surface area contributed by atoms with Crippen LogP contribution < -0.4 is 5.32 Å². The largest absolute Gasteiger partial charge is 0.313 e. The van der Waals surface area contributed by atoms with Gasteiger partial charge in [-0.1, -0.05) is 6.92 Å². The van der Waals surface area contributed by atoms with Crippen LogP contribution in [-0.4, -0.2) is 22.4 Å². The van der Waals surface area contributed by atoms with E-state index in [1.807, 2.05) is 17.9 Å². The van der Waals surface area contributed by atoms with Crippen LogP contribution in [0, 0.1) is 11.3 Å². The van der Waals surface area contributed by atoms with Crippen molar-refractivity contribution in [2.24, 2.45) is 18.4 Å². The molecule has 1 aromatic heterocycles. The van der Waals surface area contributed by atoms with Crippen LogP contribution in [0.25, 0.3) is 0 Å². The van der Waals surface area contributed by atoms with Crippen LogP contribution in [0.1, 0.15) is 44.7 Å². The van der Waals surface area contributed by atoms with Gasteiger partial charge in [0.05, 0.1) is 0 Å². The summed E-state index contributed by atoms with van der Waals surface area (Å²) < 4.78 is 2.02. The summed E-state index contributed by atoms with van der Waals surface area (Å²) in [5.74, 6) is 0.956. The van der Waals surface area contributed by atoms with Crippen molar-refractivity contribution < 1.29 is 0 Å². The van der Waals surface area contributed by atoms with E-state index < -0.39 is 0 Å².